The van der Waals surface area contributed by atoms with Crippen LogP contribution in [0.5, 0.6) is 0 Å². The molecule has 0 radical (unpaired) electrons. The van der Waals surface area contributed by atoms with Gasteiger partial charge in [-0.15, -0.1) is 0 Å². The van der Waals surface area contributed by atoms with Gasteiger partial charge in [-0.25, -0.2) is 4.39 Å². The van der Waals surface area contributed by atoms with Crippen LogP contribution in [0.2, 0.25) is 0 Å². The predicted octanol–water partition coefficient (Wildman–Crippen LogP) is 3.28. The van der Waals surface area contributed by atoms with Crippen LogP contribution in [0.1, 0.15) is 34.9 Å². The lowest BCUT2D eigenvalue weighted by Gasteiger charge is -2.38. The van der Waals surface area contributed by atoms with Gasteiger partial charge in [-0.1, -0.05) is 30.3 Å². The number of hydrogen-bond acceptors (Lipinski definition) is 3. The Labute approximate surface area is 170 Å². The summed E-state index contributed by atoms with van der Waals surface area (Å²) < 4.78 is 19.0. The molecule has 5 nitrogen and oxygen atoms in total. The van der Waals surface area contributed by atoms with Crippen LogP contribution in [0.25, 0.3) is 0 Å². The number of rotatable bonds is 3. The molecule has 2 heterocycles. The summed E-state index contributed by atoms with van der Waals surface area (Å²) in [5, 5.41) is 0. The number of morpholine rings is 1. The molecule has 2 aliphatic heterocycles. The van der Waals surface area contributed by atoms with Crippen LogP contribution in [-0.4, -0.2) is 54.4 Å². The molecule has 2 aromatic rings. The number of hydrogen-bond donors (Lipinski definition) is 0. The number of ether oxygens (including phenoxy) is 1. The van der Waals surface area contributed by atoms with Crippen LogP contribution in [0.3, 0.4) is 0 Å². The first-order valence-corrected chi connectivity index (χ1v) is 10.1. The van der Waals surface area contributed by atoms with Gasteiger partial charge in [-0.05, 0) is 42.7 Å². The third kappa shape index (κ3) is 4.48. The standard InChI is InChI=1S/C23H25FN2O3/c24-20-10-8-18(9-11-20)22(27)25-12-4-7-19(15-25)23(28)26-13-14-29-21(16-26)17-5-2-1-3-6-17/h1-3,5-6,8-11,19,21H,4,7,12-16H2. The minimum atomic E-state index is -0.367. The number of carbonyl (C=O) groups is 2. The molecule has 0 aliphatic carbocycles. The SMILES string of the molecule is O=C(c1ccc(F)cc1)N1CCCC(C(=O)N2CCOC(c3ccccc3)C2)C1. The Kier molecular flexibility index (Phi) is 5.90. The van der Waals surface area contributed by atoms with Crippen molar-refractivity contribution < 1.29 is 18.7 Å². The van der Waals surface area contributed by atoms with Crippen molar-refractivity contribution in [2.45, 2.75) is 18.9 Å². The Bertz CT molecular complexity index is 856. The van der Waals surface area contributed by atoms with Gasteiger partial charge >= 0.3 is 0 Å². The van der Waals surface area contributed by atoms with E-state index in [4.69, 9.17) is 4.74 Å². The number of amides is 2. The zero-order chi connectivity index (χ0) is 20.2. The molecule has 0 spiro atoms. The first kappa shape index (κ1) is 19.6. The fraction of sp³-hybridized carbons (Fsp3) is 0.391. The number of piperidine rings is 1. The van der Waals surface area contributed by atoms with Gasteiger partial charge in [0.2, 0.25) is 5.91 Å². The summed E-state index contributed by atoms with van der Waals surface area (Å²) in [6.07, 6.45) is 1.45. The number of halogens is 1. The van der Waals surface area contributed by atoms with E-state index in [2.05, 4.69) is 0 Å². The molecule has 2 atom stereocenters. The van der Waals surface area contributed by atoms with Gasteiger partial charge in [-0.2, -0.15) is 0 Å². The highest BCUT2D eigenvalue weighted by Crippen LogP contribution is 2.26. The summed E-state index contributed by atoms with van der Waals surface area (Å²) in [6, 6.07) is 15.5. The average molecular weight is 396 g/mol. The van der Waals surface area contributed by atoms with Gasteiger partial charge in [-0.3, -0.25) is 9.59 Å². The van der Waals surface area contributed by atoms with Crippen molar-refractivity contribution in [3.05, 3.63) is 71.5 Å². The second-order valence-electron chi connectivity index (χ2n) is 7.65. The molecule has 6 heteroatoms. The molecule has 4 rings (SSSR count). The van der Waals surface area contributed by atoms with Crippen molar-refractivity contribution >= 4 is 11.8 Å². The highest BCUT2D eigenvalue weighted by atomic mass is 19.1. The van der Waals surface area contributed by atoms with E-state index < -0.39 is 0 Å². The zero-order valence-electron chi connectivity index (χ0n) is 16.3. The van der Waals surface area contributed by atoms with Crippen molar-refractivity contribution in [1.29, 1.82) is 0 Å². The van der Waals surface area contributed by atoms with Crippen LogP contribution in [0, 0.1) is 11.7 Å². The molecular formula is C23H25FN2O3. The van der Waals surface area contributed by atoms with Crippen molar-refractivity contribution in [3.8, 4) is 0 Å². The topological polar surface area (TPSA) is 49.9 Å². The molecule has 0 aromatic heterocycles. The molecule has 0 N–H and O–H groups in total. The first-order chi connectivity index (χ1) is 14.1. The van der Waals surface area contributed by atoms with E-state index in [1.807, 2.05) is 35.2 Å². The summed E-state index contributed by atoms with van der Waals surface area (Å²) in [4.78, 5) is 29.5. The number of benzene rings is 2. The van der Waals surface area contributed by atoms with Gasteiger partial charge in [0.05, 0.1) is 19.1 Å². The number of nitrogens with zero attached hydrogens (tertiary/aromatic N) is 2. The van der Waals surface area contributed by atoms with Gasteiger partial charge in [0.25, 0.3) is 5.91 Å². The lowest BCUT2D eigenvalue weighted by molar-refractivity contribution is -0.144. The molecular weight excluding hydrogens is 371 g/mol. The number of likely N-dealkylation sites (tertiary alicyclic amines) is 1. The van der Waals surface area contributed by atoms with E-state index in [1.165, 1.54) is 24.3 Å². The quantitative estimate of drug-likeness (QED) is 0.800. The second-order valence-corrected chi connectivity index (χ2v) is 7.65. The largest absolute Gasteiger partial charge is 0.370 e. The van der Waals surface area contributed by atoms with Crippen LogP contribution in [0.4, 0.5) is 4.39 Å². The normalized spacial score (nSPS) is 22.4. The van der Waals surface area contributed by atoms with Gasteiger partial charge in [0.15, 0.2) is 0 Å². The highest BCUT2D eigenvalue weighted by molar-refractivity contribution is 5.94. The second kappa shape index (κ2) is 8.74. The molecule has 2 amide bonds. The van der Waals surface area contributed by atoms with Crippen molar-refractivity contribution in [2.24, 2.45) is 5.92 Å². The molecule has 2 aromatic carbocycles. The third-order valence-corrected chi connectivity index (χ3v) is 5.70. The van der Waals surface area contributed by atoms with E-state index in [9.17, 15) is 14.0 Å². The zero-order valence-corrected chi connectivity index (χ0v) is 16.3. The van der Waals surface area contributed by atoms with Crippen LogP contribution in [-0.2, 0) is 9.53 Å². The summed E-state index contributed by atoms with van der Waals surface area (Å²) in [7, 11) is 0. The van der Waals surface area contributed by atoms with Crippen LogP contribution < -0.4 is 0 Å². The van der Waals surface area contributed by atoms with Crippen molar-refractivity contribution in [2.75, 3.05) is 32.8 Å². The van der Waals surface area contributed by atoms with Gasteiger partial charge < -0.3 is 14.5 Å². The fourth-order valence-electron chi connectivity index (χ4n) is 4.12. The maximum Gasteiger partial charge on any atom is 0.253 e. The van der Waals surface area contributed by atoms with Crippen LogP contribution >= 0.6 is 0 Å². The third-order valence-electron chi connectivity index (χ3n) is 5.70. The first-order valence-electron chi connectivity index (χ1n) is 10.1. The molecule has 2 fully saturated rings. The Hall–Kier alpha value is -2.73. The van der Waals surface area contributed by atoms with E-state index in [-0.39, 0.29) is 29.7 Å². The minimum Gasteiger partial charge on any atom is -0.370 e. The summed E-state index contributed by atoms with van der Waals surface area (Å²) in [5.74, 6) is -0.631. The maximum atomic E-state index is 13.2. The van der Waals surface area contributed by atoms with Crippen molar-refractivity contribution in [3.63, 3.8) is 0 Å². The number of carbonyl (C=O) groups excluding carboxylic acids is 2. The average Bonchev–Trinajstić information content (AvgIpc) is 2.79. The predicted molar refractivity (Wildman–Crippen MR) is 107 cm³/mol. The lowest BCUT2D eigenvalue weighted by Crippen LogP contribution is -2.50. The van der Waals surface area contributed by atoms with Gasteiger partial charge in [0.1, 0.15) is 11.9 Å². The molecule has 2 unspecified atom stereocenters. The minimum absolute atomic E-state index is 0.0887. The fourth-order valence-corrected chi connectivity index (χ4v) is 4.12. The van der Waals surface area contributed by atoms with E-state index in [0.29, 0.717) is 38.3 Å². The Morgan fingerprint density at radius 3 is 2.45 bits per heavy atom. The summed E-state index contributed by atoms with van der Waals surface area (Å²) in [6.45, 7) is 2.64. The Morgan fingerprint density at radius 2 is 1.69 bits per heavy atom. The molecule has 152 valence electrons. The van der Waals surface area contributed by atoms with Gasteiger partial charge in [0, 0.05) is 25.2 Å². The Balaban J connectivity index is 1.40. The molecule has 2 aliphatic rings. The van der Waals surface area contributed by atoms with Crippen molar-refractivity contribution in [1.82, 2.24) is 9.80 Å². The highest BCUT2D eigenvalue weighted by Gasteiger charge is 2.34. The van der Waals surface area contributed by atoms with E-state index in [1.54, 1.807) is 4.90 Å². The summed E-state index contributed by atoms with van der Waals surface area (Å²) >= 11 is 0. The van der Waals surface area contributed by atoms with E-state index >= 15 is 0 Å². The monoisotopic (exact) mass is 396 g/mol. The molecule has 0 saturated carbocycles. The Morgan fingerprint density at radius 1 is 0.931 bits per heavy atom. The maximum absolute atomic E-state index is 13.2. The van der Waals surface area contributed by atoms with E-state index in [0.717, 1.165) is 18.4 Å². The molecule has 2 saturated heterocycles. The molecule has 29 heavy (non-hydrogen) atoms. The molecule has 0 bridgehead atoms. The smallest absolute Gasteiger partial charge is 0.253 e. The van der Waals surface area contributed by atoms with Crippen LogP contribution in [0.15, 0.2) is 54.6 Å². The summed E-state index contributed by atoms with van der Waals surface area (Å²) in [5.41, 5.74) is 1.52. The lowest BCUT2D eigenvalue weighted by atomic mass is 9.95.